The van der Waals surface area contributed by atoms with Crippen LogP contribution in [0.25, 0.3) is 0 Å². The quantitative estimate of drug-likeness (QED) is 0.655. The third-order valence-corrected chi connectivity index (χ3v) is 1.81. The molecule has 0 unspecified atom stereocenters. The zero-order chi connectivity index (χ0) is 15.3. The summed E-state index contributed by atoms with van der Waals surface area (Å²) >= 11 is 0. The first kappa shape index (κ1) is 19.8. The number of amidine groups is 1. The number of azo groups is 1. The van der Waals surface area contributed by atoms with Crippen molar-refractivity contribution in [2.75, 3.05) is 6.67 Å². The van der Waals surface area contributed by atoms with E-state index in [0.29, 0.717) is 18.1 Å². The van der Waals surface area contributed by atoms with E-state index >= 15 is 0 Å². The average molecular weight is 267 g/mol. The van der Waals surface area contributed by atoms with Crippen molar-refractivity contribution in [3.8, 4) is 0 Å². The van der Waals surface area contributed by atoms with Gasteiger partial charge in [0, 0.05) is 0 Å². The summed E-state index contributed by atoms with van der Waals surface area (Å²) in [6.45, 7) is 14.1. The average Bonchev–Trinajstić information content (AvgIpc) is 2.99. The van der Waals surface area contributed by atoms with E-state index in [9.17, 15) is 4.39 Å². The standard InChI is InChI=1S/C9H8FN3.3C2H6/c1-6-2-3-7(8(10)4-6)9-11-5-12-13-9;3*1-2/h2-4H,5H2,1H3;3*1-2H3. The van der Waals surface area contributed by atoms with Gasteiger partial charge in [-0.3, -0.25) is 0 Å². The van der Waals surface area contributed by atoms with Crippen molar-refractivity contribution < 1.29 is 4.39 Å². The maximum absolute atomic E-state index is 13.3. The number of rotatable bonds is 1. The fourth-order valence-corrected chi connectivity index (χ4v) is 1.17. The number of aliphatic imine (C=N–C) groups is 1. The van der Waals surface area contributed by atoms with E-state index in [0.717, 1.165) is 5.56 Å². The van der Waals surface area contributed by atoms with Crippen LogP contribution < -0.4 is 0 Å². The molecule has 1 aromatic carbocycles. The molecule has 19 heavy (non-hydrogen) atoms. The fraction of sp³-hybridized carbons (Fsp3) is 0.533. The SMILES string of the molecule is CC.CC.CC.Cc1ccc(C2=NCN=N2)c(F)c1. The number of nitrogens with zero attached hydrogens (tertiary/aromatic N) is 3. The van der Waals surface area contributed by atoms with E-state index < -0.39 is 0 Å². The molecule has 1 aliphatic rings. The molecule has 0 radical (unpaired) electrons. The summed E-state index contributed by atoms with van der Waals surface area (Å²) in [5.74, 6) is 0.0945. The monoisotopic (exact) mass is 267 g/mol. The predicted molar refractivity (Wildman–Crippen MR) is 81.4 cm³/mol. The minimum atomic E-state index is -0.292. The molecule has 1 heterocycles. The summed E-state index contributed by atoms with van der Waals surface area (Å²) in [5.41, 5.74) is 1.31. The third-order valence-electron chi connectivity index (χ3n) is 1.81. The van der Waals surface area contributed by atoms with Gasteiger partial charge in [0.25, 0.3) is 0 Å². The third kappa shape index (κ3) is 6.79. The molecule has 2 rings (SSSR count). The Hall–Kier alpha value is -1.58. The van der Waals surface area contributed by atoms with Crippen molar-refractivity contribution in [2.24, 2.45) is 15.2 Å². The Bertz CT molecular complexity index is 398. The molecule has 1 aliphatic heterocycles. The molecule has 1 aromatic rings. The van der Waals surface area contributed by atoms with Gasteiger partial charge < -0.3 is 0 Å². The first-order valence-corrected chi connectivity index (χ1v) is 6.96. The molecular formula is C15H26FN3. The Morgan fingerprint density at radius 3 is 2.00 bits per heavy atom. The summed E-state index contributed by atoms with van der Waals surface area (Å²) in [6, 6.07) is 4.97. The first-order valence-electron chi connectivity index (χ1n) is 6.96. The summed E-state index contributed by atoms with van der Waals surface area (Å²) in [7, 11) is 0. The lowest BCUT2D eigenvalue weighted by molar-refractivity contribution is 0.624. The molecular weight excluding hydrogens is 241 g/mol. The maximum atomic E-state index is 13.3. The van der Waals surface area contributed by atoms with Crippen LogP contribution in [0.1, 0.15) is 52.7 Å². The Kier molecular flexibility index (Phi) is 13.4. The topological polar surface area (TPSA) is 37.1 Å². The molecule has 0 N–H and O–H groups in total. The van der Waals surface area contributed by atoms with Gasteiger partial charge in [0.1, 0.15) is 5.82 Å². The predicted octanol–water partition coefficient (Wildman–Crippen LogP) is 5.38. The number of hydrogen-bond acceptors (Lipinski definition) is 3. The summed E-state index contributed by atoms with van der Waals surface area (Å²) < 4.78 is 13.3. The molecule has 0 amide bonds. The highest BCUT2D eigenvalue weighted by Crippen LogP contribution is 2.13. The van der Waals surface area contributed by atoms with E-state index in [2.05, 4.69) is 15.2 Å². The van der Waals surface area contributed by atoms with Crippen molar-refractivity contribution in [3.63, 3.8) is 0 Å². The zero-order valence-corrected chi connectivity index (χ0v) is 13.2. The van der Waals surface area contributed by atoms with Gasteiger partial charge in [0.15, 0.2) is 12.5 Å². The lowest BCUT2D eigenvalue weighted by Gasteiger charge is -1.99. The van der Waals surface area contributed by atoms with Gasteiger partial charge in [-0.1, -0.05) is 47.6 Å². The normalized spacial score (nSPS) is 11.1. The minimum absolute atomic E-state index is 0.292. The Morgan fingerprint density at radius 1 is 1.00 bits per heavy atom. The Labute approximate surface area is 116 Å². The van der Waals surface area contributed by atoms with Crippen molar-refractivity contribution in [3.05, 3.63) is 35.1 Å². The lowest BCUT2D eigenvalue weighted by atomic mass is 10.1. The van der Waals surface area contributed by atoms with Crippen LogP contribution in [0, 0.1) is 12.7 Å². The zero-order valence-electron chi connectivity index (χ0n) is 13.2. The van der Waals surface area contributed by atoms with Crippen LogP contribution in [0.3, 0.4) is 0 Å². The maximum Gasteiger partial charge on any atom is 0.181 e. The van der Waals surface area contributed by atoms with Crippen LogP contribution >= 0.6 is 0 Å². The number of aryl methyl sites for hydroxylation is 1. The molecule has 0 saturated heterocycles. The molecule has 4 heteroatoms. The van der Waals surface area contributed by atoms with Gasteiger partial charge in [-0.05, 0) is 24.6 Å². The second kappa shape index (κ2) is 12.9. The largest absolute Gasteiger partial charge is 0.239 e. The van der Waals surface area contributed by atoms with Crippen molar-refractivity contribution >= 4 is 5.84 Å². The van der Waals surface area contributed by atoms with Gasteiger partial charge in [0.05, 0.1) is 5.56 Å². The molecule has 108 valence electrons. The molecule has 0 atom stereocenters. The second-order valence-corrected chi connectivity index (χ2v) is 2.85. The van der Waals surface area contributed by atoms with Crippen LogP contribution in [0.15, 0.2) is 33.4 Å². The smallest absolute Gasteiger partial charge is 0.181 e. The highest BCUT2D eigenvalue weighted by atomic mass is 19.1. The van der Waals surface area contributed by atoms with Crippen LogP contribution in [-0.2, 0) is 0 Å². The molecule has 0 bridgehead atoms. The van der Waals surface area contributed by atoms with Crippen molar-refractivity contribution in [1.82, 2.24) is 0 Å². The van der Waals surface area contributed by atoms with Gasteiger partial charge in [-0.25, -0.2) is 9.38 Å². The van der Waals surface area contributed by atoms with E-state index in [4.69, 9.17) is 0 Å². The summed E-state index contributed by atoms with van der Waals surface area (Å²) in [6.07, 6.45) is 0. The summed E-state index contributed by atoms with van der Waals surface area (Å²) in [5, 5.41) is 7.39. The minimum Gasteiger partial charge on any atom is -0.239 e. The lowest BCUT2D eigenvalue weighted by Crippen LogP contribution is -1.98. The van der Waals surface area contributed by atoms with Gasteiger partial charge >= 0.3 is 0 Å². The number of hydrogen-bond donors (Lipinski definition) is 0. The molecule has 3 nitrogen and oxygen atoms in total. The van der Waals surface area contributed by atoms with Gasteiger partial charge in [-0.15, -0.1) is 5.11 Å². The second-order valence-electron chi connectivity index (χ2n) is 2.85. The van der Waals surface area contributed by atoms with Crippen LogP contribution in [-0.4, -0.2) is 12.5 Å². The van der Waals surface area contributed by atoms with E-state index in [1.807, 2.05) is 54.5 Å². The summed E-state index contributed by atoms with van der Waals surface area (Å²) in [4.78, 5) is 3.94. The highest BCUT2D eigenvalue weighted by molar-refractivity contribution is 6.00. The molecule has 0 fully saturated rings. The Balaban J connectivity index is 0. The van der Waals surface area contributed by atoms with E-state index in [1.165, 1.54) is 6.07 Å². The van der Waals surface area contributed by atoms with E-state index in [1.54, 1.807) is 6.07 Å². The molecule has 0 saturated carbocycles. The number of benzene rings is 1. The number of halogens is 1. The van der Waals surface area contributed by atoms with Crippen LogP contribution in [0.2, 0.25) is 0 Å². The van der Waals surface area contributed by atoms with Gasteiger partial charge in [0.2, 0.25) is 0 Å². The van der Waals surface area contributed by atoms with E-state index in [-0.39, 0.29) is 5.82 Å². The Morgan fingerprint density at radius 2 is 1.58 bits per heavy atom. The molecule has 0 spiro atoms. The highest BCUT2D eigenvalue weighted by Gasteiger charge is 2.11. The van der Waals surface area contributed by atoms with Gasteiger partial charge in [-0.2, -0.15) is 5.11 Å². The van der Waals surface area contributed by atoms with Crippen LogP contribution in [0.5, 0.6) is 0 Å². The molecule has 0 aromatic heterocycles. The van der Waals surface area contributed by atoms with Crippen molar-refractivity contribution in [2.45, 2.75) is 48.5 Å². The fourth-order valence-electron chi connectivity index (χ4n) is 1.17. The van der Waals surface area contributed by atoms with Crippen LogP contribution in [0.4, 0.5) is 4.39 Å². The first-order chi connectivity index (χ1) is 9.27. The van der Waals surface area contributed by atoms with Crippen molar-refractivity contribution in [1.29, 1.82) is 0 Å². The molecule has 0 aliphatic carbocycles.